The summed E-state index contributed by atoms with van der Waals surface area (Å²) in [6, 6.07) is 0.780. The first-order valence-electron chi connectivity index (χ1n) is 6.64. The fourth-order valence-electron chi connectivity index (χ4n) is 2.45. The Morgan fingerprint density at radius 2 is 2.12 bits per heavy atom. The van der Waals surface area contributed by atoms with Crippen molar-refractivity contribution in [1.82, 2.24) is 5.32 Å². The Morgan fingerprint density at radius 1 is 1.38 bits per heavy atom. The highest BCUT2D eigenvalue weighted by Gasteiger charge is 2.31. The minimum atomic E-state index is 0.192. The van der Waals surface area contributed by atoms with Crippen LogP contribution in [-0.2, 0) is 4.74 Å². The molecule has 3 unspecified atom stereocenters. The van der Waals surface area contributed by atoms with Crippen molar-refractivity contribution in [2.45, 2.75) is 64.2 Å². The molecule has 92 valence electrons. The molecule has 2 heteroatoms. The van der Waals surface area contributed by atoms with E-state index >= 15 is 0 Å². The zero-order valence-electron chi connectivity index (χ0n) is 10.7. The normalized spacial score (nSPS) is 33.6. The highest BCUT2D eigenvalue weighted by molar-refractivity contribution is 4.97. The van der Waals surface area contributed by atoms with Crippen LogP contribution >= 0.6 is 0 Å². The second-order valence-corrected chi connectivity index (χ2v) is 5.86. The first-order chi connectivity index (χ1) is 7.61. The molecular weight excluding hydrogens is 198 g/mol. The third-order valence-electron chi connectivity index (χ3n) is 3.88. The van der Waals surface area contributed by atoms with Gasteiger partial charge in [0.25, 0.3) is 0 Å². The van der Waals surface area contributed by atoms with E-state index < -0.39 is 0 Å². The average Bonchev–Trinajstić information content (AvgIpc) is 3.01. The Bertz CT molecular complexity index is 249. The van der Waals surface area contributed by atoms with Crippen molar-refractivity contribution in [3.05, 3.63) is 12.7 Å². The van der Waals surface area contributed by atoms with Crippen LogP contribution in [0.2, 0.25) is 0 Å². The summed E-state index contributed by atoms with van der Waals surface area (Å²) in [5, 5.41) is 3.61. The lowest BCUT2D eigenvalue weighted by atomic mass is 9.83. The van der Waals surface area contributed by atoms with Gasteiger partial charge in [-0.25, -0.2) is 0 Å². The number of hydrogen-bond acceptors (Lipinski definition) is 2. The molecule has 1 N–H and O–H groups in total. The van der Waals surface area contributed by atoms with Gasteiger partial charge in [-0.2, -0.15) is 0 Å². The minimum absolute atomic E-state index is 0.192. The molecule has 0 amide bonds. The Kier molecular flexibility index (Phi) is 3.70. The van der Waals surface area contributed by atoms with Crippen molar-refractivity contribution >= 4 is 0 Å². The quantitative estimate of drug-likeness (QED) is 0.699. The molecule has 0 radical (unpaired) electrons. The van der Waals surface area contributed by atoms with Crippen LogP contribution in [0.4, 0.5) is 0 Å². The predicted octanol–water partition coefficient (Wildman–Crippen LogP) is 2.89. The minimum Gasteiger partial charge on any atom is -0.375 e. The molecule has 1 aliphatic heterocycles. The maximum atomic E-state index is 5.91. The lowest BCUT2D eigenvalue weighted by Gasteiger charge is -2.29. The van der Waals surface area contributed by atoms with E-state index in [2.05, 4.69) is 31.8 Å². The maximum Gasteiger partial charge on any atom is 0.0588 e. The van der Waals surface area contributed by atoms with Crippen molar-refractivity contribution in [3.8, 4) is 0 Å². The van der Waals surface area contributed by atoms with E-state index in [0.29, 0.717) is 12.2 Å². The van der Waals surface area contributed by atoms with Gasteiger partial charge in [0, 0.05) is 18.0 Å². The van der Waals surface area contributed by atoms with Crippen molar-refractivity contribution in [3.63, 3.8) is 0 Å². The first kappa shape index (κ1) is 12.1. The van der Waals surface area contributed by atoms with E-state index in [4.69, 9.17) is 4.74 Å². The standard InChI is InChI=1S/C14H25NO/c1-4-14(3,10-15-12-6-7-12)9-13-8-5-11(2)16-13/h4,11-13,15H,1,5-10H2,2-3H3. The van der Waals surface area contributed by atoms with Crippen LogP contribution in [0.25, 0.3) is 0 Å². The van der Waals surface area contributed by atoms with Gasteiger partial charge in [0.1, 0.15) is 0 Å². The molecule has 1 saturated carbocycles. The highest BCUT2D eigenvalue weighted by Crippen LogP contribution is 2.32. The molecule has 0 spiro atoms. The monoisotopic (exact) mass is 223 g/mol. The summed E-state index contributed by atoms with van der Waals surface area (Å²) in [4.78, 5) is 0. The summed E-state index contributed by atoms with van der Waals surface area (Å²) in [7, 11) is 0. The van der Waals surface area contributed by atoms with Gasteiger partial charge < -0.3 is 10.1 Å². The van der Waals surface area contributed by atoms with Gasteiger partial charge in [0.15, 0.2) is 0 Å². The molecule has 0 bridgehead atoms. The van der Waals surface area contributed by atoms with Crippen LogP contribution in [0, 0.1) is 5.41 Å². The molecule has 2 rings (SSSR count). The Labute approximate surface area is 99.4 Å². The average molecular weight is 223 g/mol. The molecule has 16 heavy (non-hydrogen) atoms. The zero-order valence-corrected chi connectivity index (χ0v) is 10.7. The van der Waals surface area contributed by atoms with E-state index in [0.717, 1.165) is 19.0 Å². The van der Waals surface area contributed by atoms with Gasteiger partial charge in [0.2, 0.25) is 0 Å². The van der Waals surface area contributed by atoms with Gasteiger partial charge in [-0.3, -0.25) is 0 Å². The molecule has 0 aromatic rings. The fraction of sp³-hybridized carbons (Fsp3) is 0.857. The van der Waals surface area contributed by atoms with E-state index in [-0.39, 0.29) is 5.41 Å². The third kappa shape index (κ3) is 3.33. The molecule has 1 saturated heterocycles. The topological polar surface area (TPSA) is 21.3 Å². The molecular formula is C14H25NO. The summed E-state index contributed by atoms with van der Waals surface area (Å²) < 4.78 is 5.91. The van der Waals surface area contributed by atoms with Crippen molar-refractivity contribution < 1.29 is 4.74 Å². The highest BCUT2D eigenvalue weighted by atomic mass is 16.5. The molecule has 2 aliphatic rings. The van der Waals surface area contributed by atoms with Gasteiger partial charge in [0.05, 0.1) is 12.2 Å². The van der Waals surface area contributed by atoms with E-state index in [1.165, 1.54) is 25.7 Å². The van der Waals surface area contributed by atoms with Crippen LogP contribution < -0.4 is 5.32 Å². The van der Waals surface area contributed by atoms with Crippen molar-refractivity contribution in [1.29, 1.82) is 0 Å². The molecule has 0 aromatic heterocycles. The summed E-state index contributed by atoms with van der Waals surface area (Å²) in [6.07, 6.45) is 9.25. The van der Waals surface area contributed by atoms with Crippen LogP contribution in [0.3, 0.4) is 0 Å². The number of nitrogens with one attached hydrogen (secondary N) is 1. The Morgan fingerprint density at radius 3 is 2.62 bits per heavy atom. The van der Waals surface area contributed by atoms with E-state index in [9.17, 15) is 0 Å². The zero-order chi connectivity index (χ0) is 11.6. The van der Waals surface area contributed by atoms with E-state index in [1.807, 2.05) is 0 Å². The lowest BCUT2D eigenvalue weighted by Crippen LogP contribution is -2.34. The molecule has 0 aromatic carbocycles. The molecule has 2 fully saturated rings. The van der Waals surface area contributed by atoms with Crippen LogP contribution in [0.15, 0.2) is 12.7 Å². The number of hydrogen-bond donors (Lipinski definition) is 1. The molecule has 1 heterocycles. The van der Waals surface area contributed by atoms with E-state index in [1.54, 1.807) is 0 Å². The molecule has 1 aliphatic carbocycles. The SMILES string of the molecule is C=CC(C)(CNC1CC1)CC1CCC(C)O1. The largest absolute Gasteiger partial charge is 0.375 e. The van der Waals surface area contributed by atoms with Crippen LogP contribution in [-0.4, -0.2) is 24.8 Å². The first-order valence-corrected chi connectivity index (χ1v) is 6.64. The summed E-state index contributed by atoms with van der Waals surface area (Å²) >= 11 is 0. The second kappa shape index (κ2) is 4.89. The van der Waals surface area contributed by atoms with Gasteiger partial charge in [-0.15, -0.1) is 6.58 Å². The molecule has 3 atom stereocenters. The maximum absolute atomic E-state index is 5.91. The third-order valence-corrected chi connectivity index (χ3v) is 3.88. The second-order valence-electron chi connectivity index (χ2n) is 5.86. The smallest absolute Gasteiger partial charge is 0.0588 e. The van der Waals surface area contributed by atoms with Crippen molar-refractivity contribution in [2.75, 3.05) is 6.54 Å². The molecule has 2 nitrogen and oxygen atoms in total. The predicted molar refractivity (Wildman–Crippen MR) is 67.5 cm³/mol. The van der Waals surface area contributed by atoms with Gasteiger partial charge >= 0.3 is 0 Å². The fourth-order valence-corrected chi connectivity index (χ4v) is 2.45. The summed E-state index contributed by atoms with van der Waals surface area (Å²) in [5.41, 5.74) is 0.192. The Hall–Kier alpha value is -0.340. The number of ether oxygens (including phenoxy) is 1. The van der Waals surface area contributed by atoms with Crippen LogP contribution in [0.5, 0.6) is 0 Å². The van der Waals surface area contributed by atoms with Gasteiger partial charge in [-0.05, 0) is 39.0 Å². The number of rotatable bonds is 6. The Balaban J connectivity index is 1.79. The summed E-state index contributed by atoms with van der Waals surface area (Å²) in [6.45, 7) is 9.52. The van der Waals surface area contributed by atoms with Crippen molar-refractivity contribution in [2.24, 2.45) is 5.41 Å². The van der Waals surface area contributed by atoms with Crippen LogP contribution in [0.1, 0.15) is 46.0 Å². The lowest BCUT2D eigenvalue weighted by molar-refractivity contribution is 0.0332. The summed E-state index contributed by atoms with van der Waals surface area (Å²) in [5.74, 6) is 0. The van der Waals surface area contributed by atoms with Gasteiger partial charge in [-0.1, -0.05) is 13.0 Å².